The van der Waals surface area contributed by atoms with Crippen molar-refractivity contribution in [3.8, 4) is 0 Å². The Morgan fingerprint density at radius 3 is 2.69 bits per heavy atom. The molecule has 2 aliphatic rings. The van der Waals surface area contributed by atoms with E-state index in [4.69, 9.17) is 5.73 Å². The molecule has 1 aromatic rings. The summed E-state index contributed by atoms with van der Waals surface area (Å²) in [6, 6.07) is 1.06. The molecule has 0 aromatic carbocycles. The summed E-state index contributed by atoms with van der Waals surface area (Å²) in [6.07, 6.45) is 0.705. The first-order valence-corrected chi connectivity index (χ1v) is 8.88. The average molecular weight is 395 g/mol. The van der Waals surface area contributed by atoms with Crippen molar-refractivity contribution >= 4 is 18.3 Å². The summed E-state index contributed by atoms with van der Waals surface area (Å²) in [5.74, 6) is -0.300. The molecular weight excluding hydrogens is 369 g/mol. The van der Waals surface area contributed by atoms with Gasteiger partial charge in [-0.15, -0.1) is 12.4 Å². The molecule has 3 N–H and O–H groups in total. The molecule has 0 bridgehead atoms. The highest BCUT2D eigenvalue weighted by molar-refractivity contribution is 5.85. The van der Waals surface area contributed by atoms with E-state index < -0.39 is 17.4 Å². The molecule has 148 valence electrons. The van der Waals surface area contributed by atoms with E-state index in [-0.39, 0.29) is 30.2 Å². The molecule has 1 amide bonds. The van der Waals surface area contributed by atoms with Crippen molar-refractivity contribution in [1.82, 2.24) is 15.1 Å². The number of hydrogen-bond donors (Lipinski definition) is 2. The monoisotopic (exact) mass is 394 g/mol. The lowest BCUT2D eigenvalue weighted by atomic mass is 9.73. The van der Waals surface area contributed by atoms with Gasteiger partial charge in [-0.3, -0.25) is 9.89 Å². The number of halogens is 4. The van der Waals surface area contributed by atoms with Gasteiger partial charge in [0.05, 0.1) is 5.92 Å². The Kier molecular flexibility index (Phi) is 6.28. The Morgan fingerprint density at radius 2 is 2.08 bits per heavy atom. The fourth-order valence-electron chi connectivity index (χ4n) is 4.11. The van der Waals surface area contributed by atoms with Crippen molar-refractivity contribution in [3.63, 3.8) is 0 Å². The molecule has 2 heterocycles. The third kappa shape index (κ3) is 4.34. The summed E-state index contributed by atoms with van der Waals surface area (Å²) >= 11 is 0. The number of carbonyl (C=O) groups excluding carboxylic acids is 1. The van der Waals surface area contributed by atoms with Gasteiger partial charge in [0.25, 0.3) is 0 Å². The van der Waals surface area contributed by atoms with Crippen LogP contribution in [0.25, 0.3) is 0 Å². The summed E-state index contributed by atoms with van der Waals surface area (Å²) in [7, 11) is 0. The van der Waals surface area contributed by atoms with E-state index in [1.807, 2.05) is 6.92 Å². The maximum absolute atomic E-state index is 13.0. The largest absolute Gasteiger partial charge is 0.435 e. The number of nitrogens with two attached hydrogens (primary N) is 1. The zero-order valence-corrected chi connectivity index (χ0v) is 15.6. The highest BCUT2D eigenvalue weighted by atomic mass is 35.5. The van der Waals surface area contributed by atoms with Crippen molar-refractivity contribution < 1.29 is 18.0 Å². The maximum Gasteiger partial charge on any atom is 0.435 e. The second kappa shape index (κ2) is 7.76. The minimum absolute atomic E-state index is 0. The summed E-state index contributed by atoms with van der Waals surface area (Å²) in [5, 5.41) is 5.88. The molecule has 3 unspecified atom stereocenters. The van der Waals surface area contributed by atoms with E-state index in [0.717, 1.165) is 44.6 Å². The molecule has 1 aromatic heterocycles. The fraction of sp³-hybridized carbons (Fsp3) is 0.765. The molecule has 2 fully saturated rings. The first-order chi connectivity index (χ1) is 11.7. The molecule has 3 rings (SSSR count). The third-order valence-electron chi connectivity index (χ3n) is 5.61. The fourth-order valence-corrected chi connectivity index (χ4v) is 4.11. The van der Waals surface area contributed by atoms with Crippen LogP contribution in [0.5, 0.6) is 0 Å². The van der Waals surface area contributed by atoms with Crippen molar-refractivity contribution in [2.75, 3.05) is 13.1 Å². The average Bonchev–Trinajstić information content (AvgIpc) is 3.04. The van der Waals surface area contributed by atoms with Crippen LogP contribution in [0.1, 0.15) is 62.8 Å². The van der Waals surface area contributed by atoms with Gasteiger partial charge in [-0.2, -0.15) is 18.3 Å². The Hall–Kier alpha value is -1.28. The molecule has 26 heavy (non-hydrogen) atoms. The number of aromatic nitrogens is 2. The summed E-state index contributed by atoms with van der Waals surface area (Å²) in [4.78, 5) is 14.7. The Labute approximate surface area is 157 Å². The molecule has 5 nitrogen and oxygen atoms in total. The topological polar surface area (TPSA) is 75.0 Å². The number of nitrogens with zero attached hydrogens (tertiary/aromatic N) is 2. The van der Waals surface area contributed by atoms with Crippen LogP contribution in [-0.2, 0) is 11.0 Å². The van der Waals surface area contributed by atoms with Gasteiger partial charge in [-0.1, -0.05) is 12.8 Å². The quantitative estimate of drug-likeness (QED) is 0.806. The molecule has 0 spiro atoms. The van der Waals surface area contributed by atoms with Crippen LogP contribution in [0.2, 0.25) is 0 Å². The SMILES string of the molecule is CC1(N)CCCCC1C(=O)N1CCCC(c2cc(C(F)(F)F)n[nH]2)C1.Cl. The molecule has 1 saturated carbocycles. The van der Waals surface area contributed by atoms with Gasteiger partial charge in [0.1, 0.15) is 0 Å². The Morgan fingerprint density at radius 1 is 1.35 bits per heavy atom. The minimum atomic E-state index is -4.46. The lowest BCUT2D eigenvalue weighted by molar-refractivity contribution is -0.141. The van der Waals surface area contributed by atoms with E-state index in [1.165, 1.54) is 0 Å². The molecule has 1 saturated heterocycles. The minimum Gasteiger partial charge on any atom is -0.342 e. The van der Waals surface area contributed by atoms with E-state index in [0.29, 0.717) is 18.8 Å². The van der Waals surface area contributed by atoms with Crippen molar-refractivity contribution in [1.29, 1.82) is 0 Å². The third-order valence-corrected chi connectivity index (χ3v) is 5.61. The zero-order valence-electron chi connectivity index (χ0n) is 14.8. The predicted molar refractivity (Wildman–Crippen MR) is 93.9 cm³/mol. The van der Waals surface area contributed by atoms with E-state index in [1.54, 1.807) is 4.90 Å². The van der Waals surface area contributed by atoms with Gasteiger partial charge in [-0.05, 0) is 38.7 Å². The van der Waals surface area contributed by atoms with Crippen molar-refractivity contribution in [2.45, 2.75) is 63.1 Å². The molecule has 1 aliphatic heterocycles. The lowest BCUT2D eigenvalue weighted by Gasteiger charge is -2.42. The number of likely N-dealkylation sites (tertiary alicyclic amines) is 1. The Balaban J connectivity index is 0.00000243. The zero-order chi connectivity index (χ0) is 18.2. The van der Waals surface area contributed by atoms with Gasteiger partial charge >= 0.3 is 6.18 Å². The van der Waals surface area contributed by atoms with Crippen molar-refractivity contribution in [3.05, 3.63) is 17.5 Å². The number of H-pyrrole nitrogens is 1. The molecule has 1 aliphatic carbocycles. The second-order valence-corrected chi connectivity index (χ2v) is 7.63. The van der Waals surface area contributed by atoms with Crippen LogP contribution in [-0.4, -0.2) is 39.6 Å². The number of piperidine rings is 1. The number of carbonyl (C=O) groups is 1. The smallest absolute Gasteiger partial charge is 0.342 e. The van der Waals surface area contributed by atoms with Crippen LogP contribution < -0.4 is 5.73 Å². The van der Waals surface area contributed by atoms with Crippen LogP contribution in [0.3, 0.4) is 0 Å². The molecular formula is C17H26ClF3N4O. The van der Waals surface area contributed by atoms with Gasteiger partial charge in [0.2, 0.25) is 5.91 Å². The predicted octanol–water partition coefficient (Wildman–Crippen LogP) is 3.46. The van der Waals surface area contributed by atoms with Gasteiger partial charge in [0.15, 0.2) is 5.69 Å². The number of hydrogen-bond acceptors (Lipinski definition) is 3. The summed E-state index contributed by atoms with van der Waals surface area (Å²) in [5.41, 5.74) is 5.38. The van der Waals surface area contributed by atoms with Crippen LogP contribution >= 0.6 is 12.4 Å². The first-order valence-electron chi connectivity index (χ1n) is 8.88. The van der Waals surface area contributed by atoms with Gasteiger partial charge in [0, 0.05) is 30.2 Å². The number of aromatic amines is 1. The number of amides is 1. The summed E-state index contributed by atoms with van der Waals surface area (Å²) < 4.78 is 38.2. The van der Waals surface area contributed by atoms with E-state index >= 15 is 0 Å². The van der Waals surface area contributed by atoms with Crippen LogP contribution in [0.4, 0.5) is 13.2 Å². The summed E-state index contributed by atoms with van der Waals surface area (Å²) in [6.45, 7) is 2.99. The van der Waals surface area contributed by atoms with Crippen molar-refractivity contribution in [2.24, 2.45) is 11.7 Å². The lowest BCUT2D eigenvalue weighted by Crippen LogP contribution is -2.55. The van der Waals surface area contributed by atoms with Gasteiger partial charge < -0.3 is 10.6 Å². The number of alkyl halides is 3. The van der Waals surface area contributed by atoms with Crippen LogP contribution in [0.15, 0.2) is 6.07 Å². The molecule has 0 radical (unpaired) electrons. The van der Waals surface area contributed by atoms with Crippen LogP contribution in [0, 0.1) is 5.92 Å². The molecule has 3 atom stereocenters. The second-order valence-electron chi connectivity index (χ2n) is 7.63. The van der Waals surface area contributed by atoms with Gasteiger partial charge in [-0.25, -0.2) is 0 Å². The normalized spacial score (nSPS) is 30.0. The van der Waals surface area contributed by atoms with E-state index in [9.17, 15) is 18.0 Å². The highest BCUT2D eigenvalue weighted by Crippen LogP contribution is 2.36. The maximum atomic E-state index is 13.0. The number of nitrogens with one attached hydrogen (secondary N) is 1. The first kappa shape index (κ1) is 21.0. The van der Waals surface area contributed by atoms with E-state index in [2.05, 4.69) is 10.2 Å². The molecule has 9 heteroatoms. The Bertz CT molecular complexity index is 632. The highest BCUT2D eigenvalue weighted by Gasteiger charge is 2.41. The standard InChI is InChI=1S/C17H25F3N4O.ClH/c1-16(21)7-3-2-6-12(16)15(25)24-8-4-5-11(10-24)13-9-14(23-22-13)17(18,19)20;/h9,11-12H,2-8,10,21H2,1H3,(H,22,23);1H. The number of rotatable bonds is 2.